The SMILES string of the molecule is Cc1[nH]cnc1CSCCSC(=N)N.Cc1[nH]cnc1CSCCSC(=N)N.O=S(=O)(O)O. The van der Waals surface area contributed by atoms with Crippen LogP contribution in [0.3, 0.4) is 0 Å². The zero-order valence-electron chi connectivity index (χ0n) is 18.2. The van der Waals surface area contributed by atoms with Gasteiger partial charge in [-0.15, -0.1) is 0 Å². The second kappa shape index (κ2) is 18.0. The van der Waals surface area contributed by atoms with Gasteiger partial charge in [0.05, 0.1) is 24.0 Å². The van der Waals surface area contributed by atoms with Crippen LogP contribution in [0.15, 0.2) is 12.7 Å². The Morgan fingerprint density at radius 3 is 1.45 bits per heavy atom. The fourth-order valence-electron chi connectivity index (χ4n) is 1.82. The first-order chi connectivity index (χ1) is 15.4. The van der Waals surface area contributed by atoms with Crippen LogP contribution in [-0.4, -0.2) is 70.8 Å². The largest absolute Gasteiger partial charge is 0.394 e. The van der Waals surface area contributed by atoms with Crippen LogP contribution >= 0.6 is 47.0 Å². The summed E-state index contributed by atoms with van der Waals surface area (Å²) < 4.78 is 31.6. The van der Waals surface area contributed by atoms with Crippen molar-refractivity contribution >= 4 is 67.8 Å². The van der Waals surface area contributed by atoms with Crippen molar-refractivity contribution in [3.63, 3.8) is 0 Å². The Balaban J connectivity index is 0.000000517. The topological polar surface area (TPSA) is 232 Å². The zero-order chi connectivity index (χ0) is 25.3. The van der Waals surface area contributed by atoms with E-state index in [1.807, 2.05) is 37.4 Å². The Morgan fingerprint density at radius 2 is 1.21 bits per heavy atom. The first-order valence-corrected chi connectivity index (χ1v) is 14.8. The van der Waals surface area contributed by atoms with Gasteiger partial charge in [-0.3, -0.25) is 19.9 Å². The van der Waals surface area contributed by atoms with E-state index in [-0.39, 0.29) is 10.3 Å². The second-order valence-corrected chi connectivity index (χ2v) is 11.3. The molecule has 2 aromatic rings. The molecular formula is C16H30N8O4S5. The number of nitrogens with one attached hydrogen (secondary N) is 4. The molecule has 0 aliphatic rings. The van der Waals surface area contributed by atoms with E-state index < -0.39 is 10.4 Å². The van der Waals surface area contributed by atoms with E-state index in [0.29, 0.717) is 0 Å². The summed E-state index contributed by atoms with van der Waals surface area (Å²) in [6.07, 6.45) is 3.44. The number of rotatable bonds is 10. The van der Waals surface area contributed by atoms with Crippen LogP contribution in [0.25, 0.3) is 0 Å². The Labute approximate surface area is 210 Å². The molecule has 33 heavy (non-hydrogen) atoms. The molecule has 0 amide bonds. The van der Waals surface area contributed by atoms with E-state index in [1.54, 1.807) is 12.7 Å². The number of hydrogen-bond donors (Lipinski definition) is 8. The van der Waals surface area contributed by atoms with Crippen molar-refractivity contribution in [3.05, 3.63) is 35.4 Å². The summed E-state index contributed by atoms with van der Waals surface area (Å²) in [5.74, 6) is 5.63. The molecule has 0 fully saturated rings. The first kappa shape index (κ1) is 31.6. The minimum atomic E-state index is -4.67. The normalized spacial score (nSPS) is 10.5. The van der Waals surface area contributed by atoms with Gasteiger partial charge in [0.25, 0.3) is 0 Å². The molecule has 0 atom stereocenters. The molecule has 0 saturated heterocycles. The molecule has 0 unspecified atom stereocenters. The Bertz CT molecular complexity index is 867. The average Bonchev–Trinajstić information content (AvgIpc) is 3.28. The van der Waals surface area contributed by atoms with Gasteiger partial charge < -0.3 is 21.4 Å². The maximum Gasteiger partial charge on any atom is 0.394 e. The molecule has 0 spiro atoms. The molecule has 188 valence electrons. The van der Waals surface area contributed by atoms with Crippen LogP contribution in [0.1, 0.15) is 22.8 Å². The number of aromatic nitrogens is 4. The van der Waals surface area contributed by atoms with Crippen molar-refractivity contribution in [2.24, 2.45) is 11.5 Å². The van der Waals surface area contributed by atoms with Gasteiger partial charge in [0.1, 0.15) is 0 Å². The molecule has 12 nitrogen and oxygen atoms in total. The molecule has 10 N–H and O–H groups in total. The number of nitrogens with zero attached hydrogens (tertiary/aromatic N) is 2. The van der Waals surface area contributed by atoms with Gasteiger partial charge in [0.2, 0.25) is 0 Å². The monoisotopic (exact) mass is 558 g/mol. The molecule has 0 aliphatic carbocycles. The number of hydrogen-bond acceptors (Lipinski definition) is 10. The standard InChI is InChI=1S/2C8H14N4S2.H2O4S/c2*1-6-7(12-5-11-6)4-13-2-3-14-8(9)10;1-5(2,3)4/h2*5H,2-4H2,1H3,(H3,9,10)(H,11,12);(H2,1,2,3,4). The lowest BCUT2D eigenvalue weighted by Crippen LogP contribution is -2.05. The van der Waals surface area contributed by atoms with Crippen LogP contribution in [0, 0.1) is 24.7 Å². The van der Waals surface area contributed by atoms with Crippen molar-refractivity contribution in [3.8, 4) is 0 Å². The number of imidazole rings is 2. The van der Waals surface area contributed by atoms with E-state index in [0.717, 1.165) is 57.3 Å². The quantitative estimate of drug-likeness (QED) is 0.0909. The third-order valence-electron chi connectivity index (χ3n) is 3.32. The lowest BCUT2D eigenvalue weighted by Gasteiger charge is -1.99. The van der Waals surface area contributed by atoms with Crippen molar-refractivity contribution in [1.29, 1.82) is 10.8 Å². The predicted molar refractivity (Wildman–Crippen MR) is 142 cm³/mol. The van der Waals surface area contributed by atoms with Crippen molar-refractivity contribution in [1.82, 2.24) is 19.9 Å². The lowest BCUT2D eigenvalue weighted by molar-refractivity contribution is 0.381. The molecule has 2 heterocycles. The van der Waals surface area contributed by atoms with E-state index in [2.05, 4.69) is 19.9 Å². The van der Waals surface area contributed by atoms with Gasteiger partial charge in [-0.1, -0.05) is 23.5 Å². The minimum absolute atomic E-state index is 0.196. The van der Waals surface area contributed by atoms with Crippen LogP contribution in [0.2, 0.25) is 0 Å². The molecule has 0 radical (unpaired) electrons. The molecular weight excluding hydrogens is 529 g/mol. The number of thioether (sulfide) groups is 4. The van der Waals surface area contributed by atoms with Crippen LogP contribution in [0.5, 0.6) is 0 Å². The Hall–Kier alpha value is -1.37. The second-order valence-electron chi connectivity index (χ2n) is 5.93. The summed E-state index contributed by atoms with van der Waals surface area (Å²) in [6, 6.07) is 0. The summed E-state index contributed by atoms with van der Waals surface area (Å²) in [5, 5.41) is 14.4. The maximum atomic E-state index is 8.74. The van der Waals surface area contributed by atoms with Gasteiger partial charge in [-0.2, -0.15) is 31.9 Å². The number of nitrogens with two attached hydrogens (primary N) is 2. The summed E-state index contributed by atoms with van der Waals surface area (Å²) in [7, 11) is -4.67. The van der Waals surface area contributed by atoms with Gasteiger partial charge in [-0.25, -0.2) is 9.97 Å². The van der Waals surface area contributed by atoms with Crippen LogP contribution in [-0.2, 0) is 21.9 Å². The van der Waals surface area contributed by atoms with Crippen molar-refractivity contribution < 1.29 is 17.5 Å². The molecule has 0 saturated carbocycles. The summed E-state index contributed by atoms with van der Waals surface area (Å²) in [5.41, 5.74) is 14.9. The van der Waals surface area contributed by atoms with E-state index in [4.69, 9.17) is 39.8 Å². The zero-order valence-corrected chi connectivity index (χ0v) is 22.3. The highest BCUT2D eigenvalue weighted by Crippen LogP contribution is 2.15. The van der Waals surface area contributed by atoms with Crippen LogP contribution < -0.4 is 11.5 Å². The Morgan fingerprint density at radius 1 is 0.879 bits per heavy atom. The summed E-state index contributed by atoms with van der Waals surface area (Å²) >= 11 is 6.39. The molecule has 0 aliphatic heterocycles. The Kier molecular flexibility index (Phi) is 17.3. The molecule has 17 heteroatoms. The first-order valence-electron chi connectivity index (χ1n) is 9.16. The van der Waals surface area contributed by atoms with Gasteiger partial charge >= 0.3 is 10.4 Å². The van der Waals surface area contributed by atoms with E-state index in [9.17, 15) is 0 Å². The minimum Gasteiger partial charge on any atom is -0.379 e. The molecule has 0 bridgehead atoms. The highest BCUT2D eigenvalue weighted by molar-refractivity contribution is 8.14. The van der Waals surface area contributed by atoms with Crippen molar-refractivity contribution in [2.45, 2.75) is 25.4 Å². The van der Waals surface area contributed by atoms with Crippen LogP contribution in [0.4, 0.5) is 0 Å². The fourth-order valence-corrected chi connectivity index (χ4v) is 5.13. The summed E-state index contributed by atoms with van der Waals surface area (Å²) in [4.78, 5) is 14.5. The predicted octanol–water partition coefficient (Wildman–Crippen LogP) is 2.50. The van der Waals surface area contributed by atoms with Gasteiger partial charge in [-0.05, 0) is 13.8 Å². The molecule has 0 aromatic carbocycles. The highest BCUT2D eigenvalue weighted by Gasteiger charge is 2.01. The number of amidine groups is 2. The molecule has 2 rings (SSSR count). The number of aryl methyl sites for hydroxylation is 2. The van der Waals surface area contributed by atoms with Gasteiger partial charge in [0.15, 0.2) is 10.3 Å². The number of H-pyrrole nitrogens is 2. The highest BCUT2D eigenvalue weighted by atomic mass is 32.3. The summed E-state index contributed by atoms with van der Waals surface area (Å²) in [6.45, 7) is 4.04. The van der Waals surface area contributed by atoms with Gasteiger partial charge in [0, 0.05) is 45.9 Å². The third-order valence-corrected chi connectivity index (χ3v) is 7.21. The molecule has 2 aromatic heterocycles. The lowest BCUT2D eigenvalue weighted by atomic mass is 10.4. The maximum absolute atomic E-state index is 8.74. The van der Waals surface area contributed by atoms with Crippen molar-refractivity contribution in [2.75, 3.05) is 23.0 Å². The average molecular weight is 559 g/mol. The fraction of sp³-hybridized carbons (Fsp3) is 0.500. The smallest absolute Gasteiger partial charge is 0.379 e. The number of aromatic amines is 2. The van der Waals surface area contributed by atoms with E-state index in [1.165, 1.54) is 23.5 Å². The third kappa shape index (κ3) is 20.9. The van der Waals surface area contributed by atoms with E-state index >= 15 is 0 Å².